The van der Waals surface area contributed by atoms with Crippen LogP contribution in [0.1, 0.15) is 50.4 Å². The van der Waals surface area contributed by atoms with Crippen molar-refractivity contribution in [2.24, 2.45) is 11.3 Å². The summed E-state index contributed by atoms with van der Waals surface area (Å²) in [7, 11) is 0. The maximum absolute atomic E-state index is 11.9. The number of aliphatic carboxylic acids is 1. The molecule has 1 saturated heterocycles. The van der Waals surface area contributed by atoms with Crippen LogP contribution >= 0.6 is 0 Å². The van der Waals surface area contributed by atoms with E-state index in [1.54, 1.807) is 0 Å². The van der Waals surface area contributed by atoms with E-state index in [0.717, 1.165) is 38.8 Å². The van der Waals surface area contributed by atoms with Crippen molar-refractivity contribution in [3.8, 4) is 0 Å². The Kier molecular flexibility index (Phi) is 3.68. The quantitative estimate of drug-likeness (QED) is 0.897. The first-order valence-corrected chi connectivity index (χ1v) is 9.15. The highest BCUT2D eigenvalue weighted by atomic mass is 16.4. The molecule has 0 aliphatic carbocycles. The fourth-order valence-electron chi connectivity index (χ4n) is 5.31. The summed E-state index contributed by atoms with van der Waals surface area (Å²) < 4.78 is 0. The fourth-order valence-corrected chi connectivity index (χ4v) is 5.31. The maximum atomic E-state index is 11.9. The zero-order chi connectivity index (χ0) is 16.9. The van der Waals surface area contributed by atoms with E-state index in [1.165, 1.54) is 22.2 Å². The van der Waals surface area contributed by atoms with Crippen LogP contribution in [0.4, 0.5) is 0 Å². The van der Waals surface area contributed by atoms with E-state index in [4.69, 9.17) is 0 Å². The minimum absolute atomic E-state index is 0.193. The van der Waals surface area contributed by atoms with E-state index >= 15 is 0 Å². The summed E-state index contributed by atoms with van der Waals surface area (Å²) in [5.41, 5.74) is 3.67. The first-order valence-electron chi connectivity index (χ1n) is 9.15. The van der Waals surface area contributed by atoms with Crippen molar-refractivity contribution >= 4 is 16.9 Å². The molecule has 1 fully saturated rings. The maximum Gasteiger partial charge on any atom is 0.306 e. The molecule has 0 spiro atoms. The Morgan fingerprint density at radius 1 is 1.42 bits per heavy atom. The summed E-state index contributed by atoms with van der Waals surface area (Å²) in [5.74, 6) is -1.01. The number of benzene rings is 1. The first-order chi connectivity index (χ1) is 11.6. The van der Waals surface area contributed by atoms with Gasteiger partial charge in [-0.3, -0.25) is 9.69 Å². The van der Waals surface area contributed by atoms with Crippen LogP contribution in [0.5, 0.6) is 0 Å². The van der Waals surface area contributed by atoms with Crippen molar-refractivity contribution in [3.05, 3.63) is 35.5 Å². The van der Waals surface area contributed by atoms with Gasteiger partial charge in [-0.2, -0.15) is 0 Å². The predicted octanol–water partition coefficient (Wildman–Crippen LogP) is 3.98. The number of aromatic amines is 1. The number of piperidine rings is 1. The lowest BCUT2D eigenvalue weighted by molar-refractivity contribution is -0.151. The second-order valence-corrected chi connectivity index (χ2v) is 7.50. The molecule has 128 valence electrons. The van der Waals surface area contributed by atoms with E-state index < -0.39 is 5.97 Å². The number of carboxylic acid groups (broad SMARTS) is 1. The van der Waals surface area contributed by atoms with Gasteiger partial charge in [-0.15, -0.1) is 0 Å². The van der Waals surface area contributed by atoms with E-state index in [1.807, 2.05) is 6.92 Å². The van der Waals surface area contributed by atoms with Crippen LogP contribution in [0.15, 0.2) is 24.3 Å². The summed E-state index contributed by atoms with van der Waals surface area (Å²) in [6.07, 6.45) is 4.04. The molecule has 0 bridgehead atoms. The van der Waals surface area contributed by atoms with Crippen LogP contribution in [-0.4, -0.2) is 34.0 Å². The molecule has 2 N–H and O–H groups in total. The van der Waals surface area contributed by atoms with Crippen LogP contribution in [0.25, 0.3) is 10.9 Å². The molecule has 3 unspecified atom stereocenters. The first kappa shape index (κ1) is 15.7. The smallest absolute Gasteiger partial charge is 0.306 e. The van der Waals surface area contributed by atoms with Gasteiger partial charge in [0.25, 0.3) is 0 Å². The number of aromatic nitrogens is 1. The summed E-state index contributed by atoms with van der Waals surface area (Å²) >= 11 is 0. The van der Waals surface area contributed by atoms with Crippen molar-refractivity contribution in [1.82, 2.24) is 9.88 Å². The van der Waals surface area contributed by atoms with Crippen LogP contribution < -0.4 is 0 Å². The molecule has 4 nitrogen and oxygen atoms in total. The van der Waals surface area contributed by atoms with Gasteiger partial charge in [0, 0.05) is 28.6 Å². The highest BCUT2D eigenvalue weighted by molar-refractivity contribution is 5.85. The largest absolute Gasteiger partial charge is 0.481 e. The van der Waals surface area contributed by atoms with E-state index in [0.29, 0.717) is 0 Å². The van der Waals surface area contributed by atoms with Gasteiger partial charge in [-0.05, 0) is 43.9 Å². The highest BCUT2D eigenvalue weighted by Gasteiger charge is 2.52. The third-order valence-corrected chi connectivity index (χ3v) is 6.66. The van der Waals surface area contributed by atoms with Crippen molar-refractivity contribution in [2.75, 3.05) is 13.1 Å². The molecule has 2 aliphatic rings. The number of para-hydroxylation sites is 1. The Labute approximate surface area is 142 Å². The summed E-state index contributed by atoms with van der Waals surface area (Å²) in [6, 6.07) is 8.68. The average molecular weight is 326 g/mol. The standard InChI is InChI=1S/C20H26N2O2/c1-3-20(13(2)19(23)24)10-6-11-22-12-9-15-14-7-4-5-8-16(14)21-17(15)18(20)22/h4-5,7-8,13,18,21H,3,6,9-12H2,1-2H3,(H,23,24). The minimum atomic E-state index is -0.665. The van der Waals surface area contributed by atoms with Gasteiger partial charge in [0.05, 0.1) is 12.0 Å². The predicted molar refractivity (Wildman–Crippen MR) is 95.1 cm³/mol. The summed E-state index contributed by atoms with van der Waals surface area (Å²) in [5, 5.41) is 11.1. The molecule has 24 heavy (non-hydrogen) atoms. The van der Waals surface area contributed by atoms with E-state index in [2.05, 4.69) is 41.1 Å². The lowest BCUT2D eigenvalue weighted by Gasteiger charge is -2.53. The Balaban J connectivity index is 1.91. The number of nitrogens with one attached hydrogen (secondary N) is 1. The molecule has 0 radical (unpaired) electrons. The fraction of sp³-hybridized carbons (Fsp3) is 0.550. The van der Waals surface area contributed by atoms with Crippen molar-refractivity contribution in [3.63, 3.8) is 0 Å². The van der Waals surface area contributed by atoms with Crippen molar-refractivity contribution < 1.29 is 9.90 Å². The number of hydrogen-bond donors (Lipinski definition) is 2. The molecule has 0 saturated carbocycles. The zero-order valence-corrected chi connectivity index (χ0v) is 14.5. The lowest BCUT2D eigenvalue weighted by atomic mass is 9.61. The van der Waals surface area contributed by atoms with Gasteiger partial charge in [0.15, 0.2) is 0 Å². The molecule has 3 atom stereocenters. The zero-order valence-electron chi connectivity index (χ0n) is 14.5. The molecule has 0 amide bonds. The third kappa shape index (κ3) is 2.05. The molecule has 4 heteroatoms. The number of carboxylic acids is 1. The molecule has 4 rings (SSSR count). The topological polar surface area (TPSA) is 56.3 Å². The monoisotopic (exact) mass is 326 g/mol. The number of fused-ring (bicyclic) bond motifs is 5. The Morgan fingerprint density at radius 3 is 2.96 bits per heavy atom. The van der Waals surface area contributed by atoms with Gasteiger partial charge >= 0.3 is 5.97 Å². The second kappa shape index (κ2) is 5.62. The number of hydrogen-bond acceptors (Lipinski definition) is 2. The molecule has 2 aromatic rings. The molecule has 1 aromatic carbocycles. The van der Waals surface area contributed by atoms with E-state index in [9.17, 15) is 9.90 Å². The number of nitrogens with zero attached hydrogens (tertiary/aromatic N) is 1. The van der Waals surface area contributed by atoms with Gasteiger partial charge in [0.2, 0.25) is 0 Å². The minimum Gasteiger partial charge on any atom is -0.481 e. The highest BCUT2D eigenvalue weighted by Crippen LogP contribution is 2.55. The molecular formula is C20H26N2O2. The Bertz CT molecular complexity index is 781. The molecule has 2 aliphatic heterocycles. The van der Waals surface area contributed by atoms with Crippen molar-refractivity contribution in [2.45, 2.75) is 45.6 Å². The molecule has 1 aromatic heterocycles. The normalized spacial score (nSPS) is 28.3. The number of H-pyrrole nitrogens is 1. The van der Waals surface area contributed by atoms with Crippen LogP contribution in [-0.2, 0) is 11.2 Å². The second-order valence-electron chi connectivity index (χ2n) is 7.50. The number of carbonyl (C=O) groups is 1. The van der Waals surface area contributed by atoms with Crippen LogP contribution in [0, 0.1) is 11.3 Å². The van der Waals surface area contributed by atoms with Crippen molar-refractivity contribution in [1.29, 1.82) is 0 Å². The van der Waals surface area contributed by atoms with Crippen LogP contribution in [0.3, 0.4) is 0 Å². The summed E-state index contributed by atoms with van der Waals surface area (Å²) in [4.78, 5) is 18.1. The average Bonchev–Trinajstić information content (AvgIpc) is 2.99. The molecular weight excluding hydrogens is 300 g/mol. The van der Waals surface area contributed by atoms with Gasteiger partial charge in [-0.1, -0.05) is 32.0 Å². The van der Waals surface area contributed by atoms with Gasteiger partial charge in [0.1, 0.15) is 0 Å². The Hall–Kier alpha value is -1.81. The molecule has 3 heterocycles. The van der Waals surface area contributed by atoms with Gasteiger partial charge in [-0.25, -0.2) is 0 Å². The SMILES string of the molecule is CCC1(C(C)C(=O)O)CCCN2CCc3c([nH]c4ccccc34)C21. The lowest BCUT2D eigenvalue weighted by Crippen LogP contribution is -2.53. The Morgan fingerprint density at radius 2 is 2.21 bits per heavy atom. The van der Waals surface area contributed by atoms with E-state index in [-0.39, 0.29) is 17.4 Å². The summed E-state index contributed by atoms with van der Waals surface area (Å²) in [6.45, 7) is 6.19. The van der Waals surface area contributed by atoms with Gasteiger partial charge < -0.3 is 10.1 Å². The third-order valence-electron chi connectivity index (χ3n) is 6.66. The van der Waals surface area contributed by atoms with Crippen LogP contribution in [0.2, 0.25) is 0 Å². The number of rotatable bonds is 3.